The summed E-state index contributed by atoms with van der Waals surface area (Å²) in [5.41, 5.74) is 0.853. The molecule has 1 spiro atoms. The predicted octanol–water partition coefficient (Wildman–Crippen LogP) is 2.83. The third-order valence-corrected chi connectivity index (χ3v) is 6.99. The fourth-order valence-corrected chi connectivity index (χ4v) is 5.47. The molecular weight excluding hydrogens is 425 g/mol. The second-order valence-electron chi connectivity index (χ2n) is 9.20. The van der Waals surface area contributed by atoms with Gasteiger partial charge in [0.05, 0.1) is 24.7 Å². The van der Waals surface area contributed by atoms with Crippen LogP contribution in [0.25, 0.3) is 11.1 Å². The number of para-hydroxylation sites is 1. The highest BCUT2D eigenvalue weighted by Gasteiger charge is 2.55. The van der Waals surface area contributed by atoms with Crippen LogP contribution < -0.4 is 10.1 Å². The molecule has 2 saturated heterocycles. The normalized spacial score (nSPS) is 27.6. The predicted molar refractivity (Wildman–Crippen MR) is 120 cm³/mol. The Bertz CT molecular complexity index is 1090. The van der Waals surface area contributed by atoms with Gasteiger partial charge in [-0.25, -0.2) is 9.18 Å². The molecule has 0 aromatic heterocycles. The molecule has 7 nitrogen and oxygen atoms in total. The summed E-state index contributed by atoms with van der Waals surface area (Å²) < 4.78 is 27.5. The summed E-state index contributed by atoms with van der Waals surface area (Å²) in [5, 5.41) is 3.10. The summed E-state index contributed by atoms with van der Waals surface area (Å²) in [6.07, 6.45) is 0.805. The molecule has 1 N–H and O–H groups in total. The van der Waals surface area contributed by atoms with Crippen molar-refractivity contribution >= 4 is 11.9 Å². The van der Waals surface area contributed by atoms with Gasteiger partial charge in [-0.15, -0.1) is 0 Å². The van der Waals surface area contributed by atoms with E-state index in [1.165, 1.54) is 0 Å². The number of carbonyl (C=O) groups excluding carboxylic acids is 2. The first-order chi connectivity index (χ1) is 15.9. The minimum Gasteiger partial charge on any atom is -0.491 e. The summed E-state index contributed by atoms with van der Waals surface area (Å²) in [6, 6.07) is 11.9. The molecule has 0 aliphatic carbocycles. The van der Waals surface area contributed by atoms with E-state index in [1.54, 1.807) is 29.0 Å². The van der Waals surface area contributed by atoms with Gasteiger partial charge in [-0.2, -0.15) is 0 Å². The summed E-state index contributed by atoms with van der Waals surface area (Å²) in [7, 11) is 1.74. The molecule has 0 saturated carbocycles. The molecule has 5 rings (SSSR count). The topological polar surface area (TPSA) is 71.1 Å². The molecule has 2 aromatic rings. The van der Waals surface area contributed by atoms with Crippen LogP contribution in [0.4, 0.5) is 9.18 Å². The summed E-state index contributed by atoms with van der Waals surface area (Å²) in [5.74, 6) is 0.0220. The Morgan fingerprint density at radius 2 is 1.91 bits per heavy atom. The first-order valence-corrected chi connectivity index (χ1v) is 11.3. The zero-order valence-electron chi connectivity index (χ0n) is 18.8. The van der Waals surface area contributed by atoms with Crippen molar-refractivity contribution in [1.29, 1.82) is 0 Å². The van der Waals surface area contributed by atoms with Crippen LogP contribution in [-0.4, -0.2) is 72.8 Å². The van der Waals surface area contributed by atoms with Gasteiger partial charge in [0.2, 0.25) is 5.91 Å². The van der Waals surface area contributed by atoms with E-state index in [1.807, 2.05) is 37.3 Å². The van der Waals surface area contributed by atoms with Crippen LogP contribution in [0.15, 0.2) is 42.5 Å². The van der Waals surface area contributed by atoms with Crippen molar-refractivity contribution < 1.29 is 23.5 Å². The SMILES string of the molecule is C[C@@H]1CC2(COCC(=O)N2)C2Cc3cccc(c3F)-c3ccccc3OCCN(C)C(=O)N21. The Hall–Kier alpha value is -3.13. The molecule has 8 heteroatoms. The molecule has 2 fully saturated rings. The van der Waals surface area contributed by atoms with Gasteiger partial charge in [-0.3, -0.25) is 4.79 Å². The van der Waals surface area contributed by atoms with Crippen molar-refractivity contribution in [3.8, 4) is 16.9 Å². The van der Waals surface area contributed by atoms with Crippen molar-refractivity contribution in [3.63, 3.8) is 0 Å². The van der Waals surface area contributed by atoms with Gasteiger partial charge >= 0.3 is 6.03 Å². The fraction of sp³-hybridized carbons (Fsp3) is 0.440. The van der Waals surface area contributed by atoms with Crippen LogP contribution in [0.5, 0.6) is 5.75 Å². The van der Waals surface area contributed by atoms with Crippen LogP contribution in [0.2, 0.25) is 0 Å². The van der Waals surface area contributed by atoms with E-state index < -0.39 is 11.6 Å². The van der Waals surface area contributed by atoms with Gasteiger partial charge in [0.25, 0.3) is 0 Å². The van der Waals surface area contributed by atoms with E-state index in [4.69, 9.17) is 9.47 Å². The maximum absolute atomic E-state index is 15.9. The lowest BCUT2D eigenvalue weighted by Gasteiger charge is -2.42. The second-order valence-corrected chi connectivity index (χ2v) is 9.20. The third kappa shape index (κ3) is 3.72. The lowest BCUT2D eigenvalue weighted by molar-refractivity contribution is -0.136. The summed E-state index contributed by atoms with van der Waals surface area (Å²) in [4.78, 5) is 29.3. The van der Waals surface area contributed by atoms with E-state index in [9.17, 15) is 9.59 Å². The van der Waals surface area contributed by atoms with Crippen LogP contribution in [-0.2, 0) is 16.0 Å². The van der Waals surface area contributed by atoms with Crippen molar-refractivity contribution in [3.05, 3.63) is 53.8 Å². The number of hydrogen-bond donors (Lipinski definition) is 1. The highest BCUT2D eigenvalue weighted by molar-refractivity contribution is 5.80. The highest BCUT2D eigenvalue weighted by Crippen LogP contribution is 2.40. The van der Waals surface area contributed by atoms with Crippen LogP contribution in [0.3, 0.4) is 0 Å². The van der Waals surface area contributed by atoms with E-state index >= 15 is 4.39 Å². The molecular formula is C25H28FN3O4. The molecule has 174 valence electrons. The van der Waals surface area contributed by atoms with Crippen molar-refractivity contribution in [2.45, 2.75) is 37.4 Å². The summed E-state index contributed by atoms with van der Waals surface area (Å²) >= 11 is 0. The second kappa shape index (κ2) is 8.33. The molecule has 3 amide bonds. The Kier molecular flexibility index (Phi) is 5.48. The average Bonchev–Trinajstić information content (AvgIpc) is 3.04. The van der Waals surface area contributed by atoms with Crippen LogP contribution in [0.1, 0.15) is 18.9 Å². The number of ether oxygens (including phenoxy) is 2. The molecule has 3 aliphatic heterocycles. The average molecular weight is 454 g/mol. The molecule has 33 heavy (non-hydrogen) atoms. The van der Waals surface area contributed by atoms with Gasteiger partial charge in [-0.1, -0.05) is 36.4 Å². The highest BCUT2D eigenvalue weighted by atomic mass is 19.1. The molecule has 0 radical (unpaired) electrons. The maximum Gasteiger partial charge on any atom is 0.320 e. The maximum atomic E-state index is 15.9. The van der Waals surface area contributed by atoms with Gasteiger partial charge in [0, 0.05) is 24.2 Å². The third-order valence-electron chi connectivity index (χ3n) is 6.99. The number of urea groups is 1. The number of nitrogens with zero attached hydrogens (tertiary/aromatic N) is 2. The van der Waals surface area contributed by atoms with Gasteiger partial charge < -0.3 is 24.6 Å². The number of likely N-dealkylation sites (N-methyl/N-ethyl adjacent to an activating group) is 1. The zero-order valence-corrected chi connectivity index (χ0v) is 18.8. The first-order valence-electron chi connectivity index (χ1n) is 11.3. The van der Waals surface area contributed by atoms with Crippen molar-refractivity contribution in [2.24, 2.45) is 0 Å². The van der Waals surface area contributed by atoms with Gasteiger partial charge in [0.15, 0.2) is 0 Å². The van der Waals surface area contributed by atoms with Gasteiger partial charge in [0.1, 0.15) is 24.8 Å². The smallest absolute Gasteiger partial charge is 0.320 e. The number of rotatable bonds is 0. The number of fused-ring (bicyclic) bond motifs is 6. The summed E-state index contributed by atoms with van der Waals surface area (Å²) in [6.45, 7) is 2.89. The monoisotopic (exact) mass is 453 g/mol. The number of amides is 3. The van der Waals surface area contributed by atoms with Crippen LogP contribution in [0, 0.1) is 5.82 Å². The van der Waals surface area contributed by atoms with Crippen LogP contribution >= 0.6 is 0 Å². The molecule has 2 unspecified atom stereocenters. The van der Waals surface area contributed by atoms with Crippen molar-refractivity contribution in [2.75, 3.05) is 33.4 Å². The lowest BCUT2D eigenvalue weighted by atomic mass is 9.84. The van der Waals surface area contributed by atoms with E-state index in [0.29, 0.717) is 35.4 Å². The van der Waals surface area contributed by atoms with Gasteiger partial charge in [-0.05, 0) is 31.4 Å². The molecule has 2 aromatic carbocycles. The number of morpholine rings is 1. The molecule has 2 bridgehead atoms. The zero-order chi connectivity index (χ0) is 23.2. The minimum absolute atomic E-state index is 0.00529. The van der Waals surface area contributed by atoms with E-state index in [2.05, 4.69) is 5.32 Å². The Morgan fingerprint density at radius 1 is 1.12 bits per heavy atom. The largest absolute Gasteiger partial charge is 0.491 e. The number of carbonyl (C=O) groups is 2. The standard InChI is InChI=1S/C25H28FN3O4/c1-16-13-25(15-32-14-22(30)27-25)21-12-17-6-5-8-19(23(17)26)18-7-3-4-9-20(18)33-11-10-28(2)24(31)29(16)21/h3-9,16,21H,10-15H2,1-2H3,(H,27,30)/t16-,21?,25?/m1/s1. The Morgan fingerprint density at radius 3 is 2.73 bits per heavy atom. The number of nitrogens with one attached hydrogen (secondary N) is 1. The van der Waals surface area contributed by atoms with Crippen molar-refractivity contribution in [1.82, 2.24) is 15.1 Å². The Balaban J connectivity index is 1.64. The molecule has 3 atom stereocenters. The molecule has 3 heterocycles. The number of hydrogen-bond acceptors (Lipinski definition) is 4. The fourth-order valence-electron chi connectivity index (χ4n) is 5.47. The van der Waals surface area contributed by atoms with E-state index in [-0.39, 0.29) is 50.0 Å². The minimum atomic E-state index is -0.762. The number of halogens is 1. The molecule has 3 aliphatic rings. The first kappa shape index (κ1) is 21.7. The Labute approximate surface area is 192 Å². The quantitative estimate of drug-likeness (QED) is 0.666. The number of benzene rings is 2. The van der Waals surface area contributed by atoms with E-state index in [0.717, 1.165) is 0 Å². The lowest BCUT2D eigenvalue weighted by Crippen LogP contribution is -2.65.